The quantitative estimate of drug-likeness (QED) is 0.580. The summed E-state index contributed by atoms with van der Waals surface area (Å²) in [5.74, 6) is 0.423. The summed E-state index contributed by atoms with van der Waals surface area (Å²) >= 11 is 0. The van der Waals surface area contributed by atoms with Crippen molar-refractivity contribution in [3.05, 3.63) is 22.2 Å². The third-order valence-electron chi connectivity index (χ3n) is 3.08. The lowest BCUT2D eigenvalue weighted by Gasteiger charge is -2.12. The van der Waals surface area contributed by atoms with E-state index in [0.717, 1.165) is 12.8 Å². The first kappa shape index (κ1) is 14.9. The van der Waals surface area contributed by atoms with Crippen molar-refractivity contribution in [2.75, 3.05) is 26.1 Å². The smallest absolute Gasteiger partial charge is 0.296 e. The van der Waals surface area contributed by atoms with Gasteiger partial charge in [-0.1, -0.05) is 0 Å². The van der Waals surface area contributed by atoms with Gasteiger partial charge in [-0.3, -0.25) is 14.9 Å². The monoisotopic (exact) mass is 295 g/mol. The van der Waals surface area contributed by atoms with Crippen molar-refractivity contribution >= 4 is 17.3 Å². The molecule has 21 heavy (non-hydrogen) atoms. The van der Waals surface area contributed by atoms with E-state index in [-0.39, 0.29) is 35.6 Å². The average molecular weight is 295 g/mol. The number of hydrogen-bond acceptors (Lipinski definition) is 6. The van der Waals surface area contributed by atoms with Gasteiger partial charge in [-0.25, -0.2) is 0 Å². The number of carbonyl (C=O) groups is 1. The Bertz CT molecular complexity index is 557. The molecule has 1 aliphatic carbocycles. The molecule has 114 valence electrons. The molecular weight excluding hydrogens is 278 g/mol. The van der Waals surface area contributed by atoms with Crippen molar-refractivity contribution in [3.63, 3.8) is 0 Å². The maximum atomic E-state index is 11.6. The topological polar surface area (TPSA) is 103 Å². The lowest BCUT2D eigenvalue weighted by molar-refractivity contribution is -0.384. The lowest BCUT2D eigenvalue weighted by atomic mass is 10.2. The summed E-state index contributed by atoms with van der Waals surface area (Å²) in [4.78, 5) is 22.2. The Hall–Kier alpha value is -2.51. The second-order valence-corrected chi connectivity index (χ2v) is 4.68. The Balaban J connectivity index is 2.15. The van der Waals surface area contributed by atoms with Gasteiger partial charge >= 0.3 is 0 Å². The van der Waals surface area contributed by atoms with Crippen LogP contribution < -0.4 is 20.1 Å². The van der Waals surface area contributed by atoms with Gasteiger partial charge in [0.2, 0.25) is 5.91 Å². The van der Waals surface area contributed by atoms with E-state index in [1.165, 1.54) is 26.4 Å². The number of benzene rings is 1. The van der Waals surface area contributed by atoms with Gasteiger partial charge in [0.15, 0.2) is 11.5 Å². The minimum absolute atomic E-state index is 0.0349. The maximum absolute atomic E-state index is 11.6. The number of rotatable bonds is 7. The third-order valence-corrected chi connectivity index (χ3v) is 3.08. The van der Waals surface area contributed by atoms with Crippen LogP contribution in [0, 0.1) is 10.1 Å². The Morgan fingerprint density at radius 3 is 2.48 bits per heavy atom. The second-order valence-electron chi connectivity index (χ2n) is 4.68. The molecule has 0 spiro atoms. The standard InChI is InChI=1S/C13H17N3O5/c1-20-11-5-9(10(16(18)19)6-12(11)21-2)14-7-13(17)15-8-3-4-8/h5-6,8,14H,3-4,7H2,1-2H3,(H,15,17). The summed E-state index contributed by atoms with van der Waals surface area (Å²) in [5, 5.41) is 16.7. The van der Waals surface area contributed by atoms with Crippen LogP contribution in [0.3, 0.4) is 0 Å². The third kappa shape index (κ3) is 3.74. The molecule has 0 bridgehead atoms. The number of nitro benzene ring substituents is 1. The van der Waals surface area contributed by atoms with E-state index in [0.29, 0.717) is 5.75 Å². The summed E-state index contributed by atoms with van der Waals surface area (Å²) in [6.45, 7) is -0.0349. The number of nitrogens with zero attached hydrogens (tertiary/aromatic N) is 1. The second kappa shape index (κ2) is 6.29. The van der Waals surface area contributed by atoms with E-state index in [1.54, 1.807) is 0 Å². The number of methoxy groups -OCH3 is 2. The Morgan fingerprint density at radius 1 is 1.33 bits per heavy atom. The van der Waals surface area contributed by atoms with Crippen LogP contribution in [-0.2, 0) is 4.79 Å². The van der Waals surface area contributed by atoms with Crippen LogP contribution in [0.1, 0.15) is 12.8 Å². The van der Waals surface area contributed by atoms with Crippen molar-refractivity contribution in [2.45, 2.75) is 18.9 Å². The molecule has 8 nitrogen and oxygen atoms in total. The van der Waals surface area contributed by atoms with Crippen LogP contribution in [0.25, 0.3) is 0 Å². The molecule has 0 aromatic heterocycles. The minimum atomic E-state index is -0.539. The Labute approximate surface area is 121 Å². The molecule has 1 fully saturated rings. The van der Waals surface area contributed by atoms with Gasteiger partial charge in [-0.2, -0.15) is 0 Å². The number of amides is 1. The fraction of sp³-hybridized carbons (Fsp3) is 0.462. The van der Waals surface area contributed by atoms with Crippen molar-refractivity contribution in [2.24, 2.45) is 0 Å². The molecule has 0 unspecified atom stereocenters. The van der Waals surface area contributed by atoms with Crippen LogP contribution >= 0.6 is 0 Å². The molecule has 8 heteroatoms. The highest BCUT2D eigenvalue weighted by molar-refractivity contribution is 5.82. The predicted molar refractivity (Wildman–Crippen MR) is 75.9 cm³/mol. The molecular formula is C13H17N3O5. The van der Waals surface area contributed by atoms with Crippen LogP contribution in [0.2, 0.25) is 0 Å². The molecule has 0 radical (unpaired) electrons. The molecule has 0 heterocycles. The molecule has 1 aromatic carbocycles. The fourth-order valence-corrected chi connectivity index (χ4v) is 1.84. The number of nitrogens with one attached hydrogen (secondary N) is 2. The Morgan fingerprint density at radius 2 is 1.95 bits per heavy atom. The zero-order valence-electron chi connectivity index (χ0n) is 11.8. The van der Waals surface area contributed by atoms with Crippen LogP contribution in [0.4, 0.5) is 11.4 Å². The Kier molecular flexibility index (Phi) is 4.46. The molecule has 1 aromatic rings. The van der Waals surface area contributed by atoms with Crippen molar-refractivity contribution in [3.8, 4) is 11.5 Å². The molecule has 2 rings (SSSR count). The summed E-state index contributed by atoms with van der Waals surface area (Å²) in [6.07, 6.45) is 1.98. The fourth-order valence-electron chi connectivity index (χ4n) is 1.84. The molecule has 0 aliphatic heterocycles. The van der Waals surface area contributed by atoms with E-state index >= 15 is 0 Å². The maximum Gasteiger partial charge on any atom is 0.296 e. The van der Waals surface area contributed by atoms with Crippen molar-refractivity contribution in [1.29, 1.82) is 0 Å². The number of anilines is 1. The molecule has 0 atom stereocenters. The molecule has 1 saturated carbocycles. The summed E-state index contributed by atoms with van der Waals surface area (Å²) in [6, 6.07) is 2.96. The van der Waals surface area contributed by atoms with E-state index in [2.05, 4.69) is 10.6 Å². The van der Waals surface area contributed by atoms with Crippen LogP contribution in [0.15, 0.2) is 12.1 Å². The lowest BCUT2D eigenvalue weighted by Crippen LogP contribution is -2.31. The number of hydrogen-bond donors (Lipinski definition) is 2. The van der Waals surface area contributed by atoms with Gasteiger partial charge < -0.3 is 20.1 Å². The summed E-state index contributed by atoms with van der Waals surface area (Å²) in [5.41, 5.74) is 0.0375. The normalized spacial score (nSPS) is 13.4. The van der Waals surface area contributed by atoms with E-state index in [4.69, 9.17) is 9.47 Å². The zero-order chi connectivity index (χ0) is 15.4. The molecule has 2 N–H and O–H groups in total. The van der Waals surface area contributed by atoms with Gasteiger partial charge in [0, 0.05) is 12.1 Å². The highest BCUT2D eigenvalue weighted by atomic mass is 16.6. The molecule has 1 aliphatic rings. The van der Waals surface area contributed by atoms with Crippen LogP contribution in [0.5, 0.6) is 11.5 Å². The van der Waals surface area contributed by atoms with E-state index in [9.17, 15) is 14.9 Å². The SMILES string of the molecule is COc1cc(NCC(=O)NC2CC2)c([N+](=O)[O-])cc1OC. The first-order valence-electron chi connectivity index (χ1n) is 6.48. The van der Waals surface area contributed by atoms with E-state index < -0.39 is 4.92 Å². The highest BCUT2D eigenvalue weighted by Crippen LogP contribution is 2.37. The van der Waals surface area contributed by atoms with Crippen molar-refractivity contribution < 1.29 is 19.2 Å². The van der Waals surface area contributed by atoms with E-state index in [1.807, 2.05) is 0 Å². The first-order valence-corrected chi connectivity index (χ1v) is 6.48. The number of carbonyl (C=O) groups excluding carboxylic acids is 1. The van der Waals surface area contributed by atoms with Gasteiger partial charge in [-0.05, 0) is 12.8 Å². The summed E-state index contributed by atoms with van der Waals surface area (Å²) in [7, 11) is 2.84. The minimum Gasteiger partial charge on any atom is -0.493 e. The number of nitro groups is 1. The largest absolute Gasteiger partial charge is 0.493 e. The summed E-state index contributed by atoms with van der Waals surface area (Å²) < 4.78 is 10.1. The van der Waals surface area contributed by atoms with Gasteiger partial charge in [0.05, 0.1) is 31.8 Å². The molecule has 1 amide bonds. The van der Waals surface area contributed by atoms with Gasteiger partial charge in [0.1, 0.15) is 5.69 Å². The highest BCUT2D eigenvalue weighted by Gasteiger charge is 2.24. The average Bonchev–Trinajstić information content (AvgIpc) is 3.27. The van der Waals surface area contributed by atoms with Crippen molar-refractivity contribution in [1.82, 2.24) is 5.32 Å². The van der Waals surface area contributed by atoms with Gasteiger partial charge in [0.25, 0.3) is 5.69 Å². The number of ether oxygens (including phenoxy) is 2. The first-order chi connectivity index (χ1) is 10.0. The zero-order valence-corrected chi connectivity index (χ0v) is 11.8. The molecule has 0 saturated heterocycles. The predicted octanol–water partition coefficient (Wildman–Crippen LogP) is 1.30. The van der Waals surface area contributed by atoms with Crippen LogP contribution in [-0.4, -0.2) is 37.6 Å². The van der Waals surface area contributed by atoms with Gasteiger partial charge in [-0.15, -0.1) is 0 Å².